The highest BCUT2D eigenvalue weighted by Crippen LogP contribution is 2.24. The molecule has 0 heterocycles. The first-order valence-electron chi connectivity index (χ1n) is 5.94. The number of carbonyl (C=O) groups excluding carboxylic acids is 1. The second-order valence-corrected chi connectivity index (χ2v) is 7.46. The minimum Gasteiger partial charge on any atom is -0.399 e. The van der Waals surface area contributed by atoms with Gasteiger partial charge < -0.3 is 11.1 Å². The summed E-state index contributed by atoms with van der Waals surface area (Å²) in [7, 11) is -1.39. The third-order valence-electron chi connectivity index (χ3n) is 2.59. The predicted molar refractivity (Wildman–Crippen MR) is 92.6 cm³/mol. The van der Waals surface area contributed by atoms with Gasteiger partial charge in [-0.3, -0.25) is 9.00 Å². The summed E-state index contributed by atoms with van der Waals surface area (Å²) in [4.78, 5) is 12.6. The van der Waals surface area contributed by atoms with Gasteiger partial charge >= 0.3 is 0 Å². The zero-order valence-corrected chi connectivity index (χ0v) is 14.8. The van der Waals surface area contributed by atoms with Crippen molar-refractivity contribution in [3.8, 4) is 0 Å². The summed E-state index contributed by atoms with van der Waals surface area (Å²) < 4.78 is 13.6. The Morgan fingerprint density at radius 2 is 1.95 bits per heavy atom. The Morgan fingerprint density at radius 3 is 2.62 bits per heavy atom. The van der Waals surface area contributed by atoms with E-state index in [0.29, 0.717) is 20.7 Å². The zero-order valence-electron chi connectivity index (χ0n) is 10.8. The molecule has 1 unspecified atom stereocenters. The van der Waals surface area contributed by atoms with E-state index < -0.39 is 10.8 Å². The SMILES string of the molecule is Nc1ccc(NC(=O)CS(=O)c2cccc(Br)c2)c(Br)c1. The Hall–Kier alpha value is -1.18. The molecule has 3 N–H and O–H groups in total. The van der Waals surface area contributed by atoms with Crippen molar-refractivity contribution in [1.82, 2.24) is 0 Å². The van der Waals surface area contributed by atoms with E-state index >= 15 is 0 Å². The normalized spacial score (nSPS) is 11.9. The molecule has 0 radical (unpaired) electrons. The molecule has 21 heavy (non-hydrogen) atoms. The van der Waals surface area contributed by atoms with Gasteiger partial charge in [0.1, 0.15) is 5.75 Å². The smallest absolute Gasteiger partial charge is 0.237 e. The Morgan fingerprint density at radius 1 is 1.19 bits per heavy atom. The molecule has 4 nitrogen and oxygen atoms in total. The topological polar surface area (TPSA) is 72.2 Å². The summed E-state index contributed by atoms with van der Waals surface area (Å²) in [5.74, 6) is -0.424. The molecule has 2 rings (SSSR count). The largest absolute Gasteiger partial charge is 0.399 e. The Bertz CT molecular complexity index is 707. The molecular weight excluding hydrogens is 420 g/mol. The van der Waals surface area contributed by atoms with Crippen LogP contribution in [0.2, 0.25) is 0 Å². The molecule has 0 aliphatic carbocycles. The highest BCUT2D eigenvalue weighted by Gasteiger charge is 2.12. The summed E-state index contributed by atoms with van der Waals surface area (Å²) in [6.45, 7) is 0. The van der Waals surface area contributed by atoms with Gasteiger partial charge in [-0.25, -0.2) is 0 Å². The van der Waals surface area contributed by atoms with Crippen molar-refractivity contribution >= 4 is 59.9 Å². The number of halogens is 2. The molecule has 0 aliphatic rings. The molecule has 1 atom stereocenters. The van der Waals surface area contributed by atoms with Crippen LogP contribution in [0.1, 0.15) is 0 Å². The van der Waals surface area contributed by atoms with Crippen LogP contribution in [-0.4, -0.2) is 15.9 Å². The summed E-state index contributed by atoms with van der Waals surface area (Å²) in [6, 6.07) is 12.2. The van der Waals surface area contributed by atoms with E-state index in [1.807, 2.05) is 6.07 Å². The fourth-order valence-electron chi connectivity index (χ4n) is 1.63. The maximum Gasteiger partial charge on any atom is 0.237 e. The Labute approximate surface area is 141 Å². The van der Waals surface area contributed by atoms with Gasteiger partial charge in [-0.1, -0.05) is 22.0 Å². The first kappa shape index (κ1) is 16.2. The summed E-state index contributed by atoms with van der Waals surface area (Å²) in [6.07, 6.45) is 0. The number of amides is 1. The maximum atomic E-state index is 12.1. The third-order valence-corrected chi connectivity index (χ3v) is 5.04. The average Bonchev–Trinajstić information content (AvgIpc) is 2.42. The van der Waals surface area contributed by atoms with E-state index in [-0.39, 0.29) is 11.7 Å². The first-order valence-corrected chi connectivity index (χ1v) is 8.85. The van der Waals surface area contributed by atoms with Gasteiger partial charge in [-0.2, -0.15) is 0 Å². The molecule has 0 saturated heterocycles. The van der Waals surface area contributed by atoms with Gasteiger partial charge in [0, 0.05) is 19.5 Å². The van der Waals surface area contributed by atoms with Crippen LogP contribution >= 0.6 is 31.9 Å². The van der Waals surface area contributed by atoms with Gasteiger partial charge in [-0.15, -0.1) is 0 Å². The van der Waals surface area contributed by atoms with Gasteiger partial charge in [0.2, 0.25) is 5.91 Å². The number of anilines is 2. The fraction of sp³-hybridized carbons (Fsp3) is 0.0714. The van der Waals surface area contributed by atoms with Crippen molar-refractivity contribution in [1.29, 1.82) is 0 Å². The third kappa shape index (κ3) is 4.66. The van der Waals surface area contributed by atoms with E-state index in [4.69, 9.17) is 5.73 Å². The molecule has 0 aliphatic heterocycles. The summed E-state index contributed by atoms with van der Waals surface area (Å²) >= 11 is 6.63. The molecule has 0 saturated carbocycles. The molecule has 0 bridgehead atoms. The molecular formula is C14H12Br2N2O2S. The van der Waals surface area contributed by atoms with Crippen LogP contribution in [0.15, 0.2) is 56.3 Å². The minimum atomic E-state index is -1.39. The molecule has 110 valence electrons. The second kappa shape index (κ2) is 7.20. The number of hydrogen-bond donors (Lipinski definition) is 2. The van der Waals surface area contributed by atoms with Crippen molar-refractivity contribution in [2.24, 2.45) is 0 Å². The van der Waals surface area contributed by atoms with Crippen LogP contribution in [0.4, 0.5) is 11.4 Å². The number of nitrogens with two attached hydrogens (primary N) is 1. The van der Waals surface area contributed by atoms with Gasteiger partial charge in [0.05, 0.1) is 16.5 Å². The molecule has 7 heteroatoms. The molecule has 0 spiro atoms. The lowest BCUT2D eigenvalue weighted by Crippen LogP contribution is -2.19. The lowest BCUT2D eigenvalue weighted by Gasteiger charge is -2.08. The van der Waals surface area contributed by atoms with Crippen LogP contribution in [0.25, 0.3) is 0 Å². The molecule has 2 aromatic rings. The van der Waals surface area contributed by atoms with E-state index in [1.54, 1.807) is 36.4 Å². The minimum absolute atomic E-state index is 0.104. The van der Waals surface area contributed by atoms with Crippen molar-refractivity contribution < 1.29 is 9.00 Å². The van der Waals surface area contributed by atoms with Gasteiger partial charge in [0.15, 0.2) is 0 Å². The molecule has 0 fully saturated rings. The van der Waals surface area contributed by atoms with Crippen molar-refractivity contribution in [3.63, 3.8) is 0 Å². The number of benzene rings is 2. The number of nitrogens with one attached hydrogen (secondary N) is 1. The molecule has 1 amide bonds. The standard InChI is InChI=1S/C14H12Br2N2O2S/c15-9-2-1-3-11(6-9)21(20)8-14(19)18-13-5-4-10(17)7-12(13)16/h1-7H,8,17H2,(H,18,19). The molecule has 0 aromatic heterocycles. The average molecular weight is 432 g/mol. The first-order chi connectivity index (χ1) is 9.95. The lowest BCUT2D eigenvalue weighted by atomic mass is 10.3. The van der Waals surface area contributed by atoms with Gasteiger partial charge in [0.25, 0.3) is 0 Å². The fourth-order valence-corrected chi connectivity index (χ4v) is 3.64. The van der Waals surface area contributed by atoms with Crippen LogP contribution < -0.4 is 11.1 Å². The number of nitrogen functional groups attached to an aromatic ring is 1. The van der Waals surface area contributed by atoms with E-state index in [0.717, 1.165) is 4.47 Å². The summed E-state index contributed by atoms with van der Waals surface area (Å²) in [5, 5.41) is 2.71. The second-order valence-electron chi connectivity index (χ2n) is 4.23. The van der Waals surface area contributed by atoms with E-state index in [1.165, 1.54) is 0 Å². The van der Waals surface area contributed by atoms with Crippen molar-refractivity contribution in [2.75, 3.05) is 16.8 Å². The highest BCUT2D eigenvalue weighted by molar-refractivity contribution is 9.10. The van der Waals surface area contributed by atoms with Crippen LogP contribution in [0, 0.1) is 0 Å². The lowest BCUT2D eigenvalue weighted by molar-refractivity contribution is -0.113. The number of rotatable bonds is 4. The van der Waals surface area contributed by atoms with Crippen molar-refractivity contribution in [3.05, 3.63) is 51.4 Å². The van der Waals surface area contributed by atoms with Crippen LogP contribution in [-0.2, 0) is 15.6 Å². The van der Waals surface area contributed by atoms with Crippen LogP contribution in [0.5, 0.6) is 0 Å². The van der Waals surface area contributed by atoms with E-state index in [2.05, 4.69) is 37.2 Å². The van der Waals surface area contributed by atoms with Gasteiger partial charge in [-0.05, 0) is 52.3 Å². The van der Waals surface area contributed by atoms with Crippen LogP contribution in [0.3, 0.4) is 0 Å². The number of carbonyl (C=O) groups is 1. The zero-order chi connectivity index (χ0) is 15.4. The highest BCUT2D eigenvalue weighted by atomic mass is 79.9. The van der Waals surface area contributed by atoms with E-state index in [9.17, 15) is 9.00 Å². The predicted octanol–water partition coefficient (Wildman–Crippen LogP) is 3.54. The monoisotopic (exact) mass is 430 g/mol. The molecule has 2 aromatic carbocycles. The quantitative estimate of drug-likeness (QED) is 0.727. The Kier molecular flexibility index (Phi) is 5.55. The number of hydrogen-bond acceptors (Lipinski definition) is 3. The Balaban J connectivity index is 2.03. The summed E-state index contributed by atoms with van der Waals surface area (Å²) in [5.41, 5.74) is 6.83. The van der Waals surface area contributed by atoms with Crippen molar-refractivity contribution in [2.45, 2.75) is 4.90 Å². The maximum absolute atomic E-state index is 12.1.